The van der Waals surface area contributed by atoms with Crippen molar-refractivity contribution in [2.75, 3.05) is 13.7 Å². The van der Waals surface area contributed by atoms with E-state index in [0.717, 1.165) is 13.2 Å². The number of aliphatic hydroxyl groups is 3. The van der Waals surface area contributed by atoms with E-state index in [9.17, 15) is 19.8 Å². The summed E-state index contributed by atoms with van der Waals surface area (Å²) in [6.45, 7) is -0.466. The van der Waals surface area contributed by atoms with E-state index in [0.29, 0.717) is 0 Å². The number of amidine groups is 1. The lowest BCUT2D eigenvalue weighted by Gasteiger charge is -2.14. The SMILES string of the molecule is COC(=O)c1nccnc1C(=O)NC(=N)/C=C\N[C@@H]1O[C@H](CO)[C@@H](O)[C@@H]1O. The minimum absolute atomic E-state index is 0.293. The first-order valence-electron chi connectivity index (χ1n) is 7.73. The maximum Gasteiger partial charge on any atom is 0.359 e. The number of methoxy groups -OCH3 is 1. The maximum atomic E-state index is 12.2. The highest BCUT2D eigenvalue weighted by atomic mass is 16.6. The molecular weight excluding hydrogens is 362 g/mol. The summed E-state index contributed by atoms with van der Waals surface area (Å²) in [4.78, 5) is 31.2. The number of aromatic nitrogens is 2. The summed E-state index contributed by atoms with van der Waals surface area (Å²) in [7, 11) is 1.13. The van der Waals surface area contributed by atoms with E-state index in [4.69, 9.17) is 15.3 Å². The lowest BCUT2D eigenvalue weighted by atomic mass is 10.1. The Labute approximate surface area is 153 Å². The van der Waals surface area contributed by atoms with Crippen molar-refractivity contribution in [3.63, 3.8) is 0 Å². The van der Waals surface area contributed by atoms with E-state index in [1.165, 1.54) is 18.6 Å². The van der Waals surface area contributed by atoms with Crippen LogP contribution in [0.25, 0.3) is 0 Å². The van der Waals surface area contributed by atoms with Crippen molar-refractivity contribution in [1.82, 2.24) is 20.6 Å². The second-order valence-corrected chi connectivity index (χ2v) is 5.37. The third-order valence-corrected chi connectivity index (χ3v) is 3.59. The first kappa shape index (κ1) is 20.4. The summed E-state index contributed by atoms with van der Waals surface area (Å²) in [5, 5.41) is 40.9. The van der Waals surface area contributed by atoms with Crippen LogP contribution in [-0.4, -0.2) is 81.3 Å². The highest BCUT2D eigenvalue weighted by Gasteiger charge is 2.41. The number of carbonyl (C=O) groups is 2. The van der Waals surface area contributed by atoms with E-state index < -0.39 is 43.0 Å². The summed E-state index contributed by atoms with van der Waals surface area (Å²) in [5.41, 5.74) is -0.599. The Bertz CT molecular complexity index is 741. The van der Waals surface area contributed by atoms with Crippen LogP contribution in [-0.2, 0) is 9.47 Å². The summed E-state index contributed by atoms with van der Waals surface area (Å²) in [6, 6.07) is 0. The molecule has 0 bridgehead atoms. The third kappa shape index (κ3) is 4.83. The van der Waals surface area contributed by atoms with Gasteiger partial charge in [0.15, 0.2) is 17.6 Å². The number of esters is 1. The molecular formula is C15H19N5O7. The van der Waals surface area contributed by atoms with Crippen LogP contribution in [0.4, 0.5) is 0 Å². The van der Waals surface area contributed by atoms with E-state index >= 15 is 0 Å². The fourth-order valence-corrected chi connectivity index (χ4v) is 2.24. The van der Waals surface area contributed by atoms with Gasteiger partial charge in [-0.25, -0.2) is 14.8 Å². The Balaban J connectivity index is 1.93. The van der Waals surface area contributed by atoms with Gasteiger partial charge in [-0.05, 0) is 6.08 Å². The van der Waals surface area contributed by atoms with Crippen LogP contribution >= 0.6 is 0 Å². The Morgan fingerprint density at radius 2 is 1.96 bits per heavy atom. The summed E-state index contributed by atoms with van der Waals surface area (Å²) in [6.07, 6.45) is 0.317. The molecule has 0 radical (unpaired) electrons. The van der Waals surface area contributed by atoms with Crippen LogP contribution in [0.1, 0.15) is 21.0 Å². The van der Waals surface area contributed by atoms with E-state index in [1.54, 1.807) is 0 Å². The molecule has 1 saturated heterocycles. The van der Waals surface area contributed by atoms with Gasteiger partial charge in [-0.15, -0.1) is 0 Å². The van der Waals surface area contributed by atoms with Gasteiger partial charge in [-0.2, -0.15) is 0 Å². The molecule has 0 spiro atoms. The molecule has 1 aromatic rings. The number of nitrogens with one attached hydrogen (secondary N) is 3. The molecule has 6 N–H and O–H groups in total. The van der Waals surface area contributed by atoms with Crippen molar-refractivity contribution in [1.29, 1.82) is 5.41 Å². The summed E-state index contributed by atoms with van der Waals surface area (Å²) in [5.74, 6) is -2.05. The maximum absolute atomic E-state index is 12.2. The number of rotatable bonds is 6. The second kappa shape index (κ2) is 9.14. The second-order valence-electron chi connectivity index (χ2n) is 5.37. The molecule has 146 valence electrons. The predicted molar refractivity (Wildman–Crippen MR) is 88.6 cm³/mol. The van der Waals surface area contributed by atoms with Gasteiger partial charge in [0.25, 0.3) is 5.91 Å². The van der Waals surface area contributed by atoms with Gasteiger partial charge in [-0.3, -0.25) is 10.2 Å². The van der Waals surface area contributed by atoms with Gasteiger partial charge in [0, 0.05) is 18.6 Å². The number of hydrogen-bond donors (Lipinski definition) is 6. The zero-order chi connectivity index (χ0) is 20.0. The molecule has 1 fully saturated rings. The first-order valence-corrected chi connectivity index (χ1v) is 7.73. The molecule has 1 aromatic heterocycles. The molecule has 27 heavy (non-hydrogen) atoms. The molecule has 2 heterocycles. The van der Waals surface area contributed by atoms with Crippen LogP contribution in [0.5, 0.6) is 0 Å². The minimum Gasteiger partial charge on any atom is -0.464 e. The van der Waals surface area contributed by atoms with Gasteiger partial charge in [-0.1, -0.05) is 0 Å². The Kier molecular flexibility index (Phi) is 6.90. The average molecular weight is 381 g/mol. The fraction of sp³-hybridized carbons (Fsp3) is 0.400. The largest absolute Gasteiger partial charge is 0.464 e. The zero-order valence-corrected chi connectivity index (χ0v) is 14.2. The molecule has 0 aliphatic carbocycles. The van der Waals surface area contributed by atoms with Crippen molar-refractivity contribution in [2.45, 2.75) is 24.5 Å². The van der Waals surface area contributed by atoms with Crippen molar-refractivity contribution < 1.29 is 34.4 Å². The zero-order valence-electron chi connectivity index (χ0n) is 14.2. The summed E-state index contributed by atoms with van der Waals surface area (Å²) >= 11 is 0. The van der Waals surface area contributed by atoms with Crippen LogP contribution in [0.2, 0.25) is 0 Å². The van der Waals surface area contributed by atoms with Crippen molar-refractivity contribution in [3.05, 3.63) is 36.1 Å². The topological polar surface area (TPSA) is 187 Å². The molecule has 1 aliphatic heterocycles. The number of hydrogen-bond acceptors (Lipinski definition) is 11. The number of aliphatic hydroxyl groups excluding tert-OH is 3. The number of carbonyl (C=O) groups excluding carboxylic acids is 2. The van der Waals surface area contributed by atoms with Gasteiger partial charge in [0.05, 0.1) is 13.7 Å². The monoisotopic (exact) mass is 381 g/mol. The van der Waals surface area contributed by atoms with Crippen LogP contribution in [0.15, 0.2) is 24.7 Å². The van der Waals surface area contributed by atoms with Gasteiger partial charge >= 0.3 is 5.97 Å². The molecule has 12 nitrogen and oxygen atoms in total. The molecule has 0 unspecified atom stereocenters. The lowest BCUT2D eigenvalue weighted by molar-refractivity contribution is -0.0281. The Morgan fingerprint density at radius 3 is 2.56 bits per heavy atom. The third-order valence-electron chi connectivity index (χ3n) is 3.59. The number of ether oxygens (including phenoxy) is 2. The van der Waals surface area contributed by atoms with Crippen LogP contribution in [0, 0.1) is 5.41 Å². The smallest absolute Gasteiger partial charge is 0.359 e. The molecule has 4 atom stereocenters. The minimum atomic E-state index is -1.28. The average Bonchev–Trinajstić information content (AvgIpc) is 2.95. The normalized spacial score (nSPS) is 24.6. The molecule has 1 aliphatic rings. The van der Waals surface area contributed by atoms with Crippen LogP contribution in [0.3, 0.4) is 0 Å². The fourth-order valence-electron chi connectivity index (χ4n) is 2.24. The Morgan fingerprint density at radius 1 is 1.30 bits per heavy atom. The van der Waals surface area contributed by atoms with Gasteiger partial charge in [0.1, 0.15) is 24.1 Å². The molecule has 1 amide bonds. The van der Waals surface area contributed by atoms with E-state index in [2.05, 4.69) is 25.3 Å². The number of amides is 1. The van der Waals surface area contributed by atoms with Crippen molar-refractivity contribution in [3.8, 4) is 0 Å². The van der Waals surface area contributed by atoms with Crippen molar-refractivity contribution >= 4 is 17.7 Å². The molecule has 12 heteroatoms. The first-order chi connectivity index (χ1) is 12.9. The molecule has 2 rings (SSSR count). The lowest BCUT2D eigenvalue weighted by Crippen LogP contribution is -2.39. The van der Waals surface area contributed by atoms with E-state index in [1.807, 2.05) is 0 Å². The summed E-state index contributed by atoms with van der Waals surface area (Å²) < 4.78 is 9.70. The molecule has 0 aromatic carbocycles. The Hall–Kier alpha value is -2.93. The van der Waals surface area contributed by atoms with Gasteiger partial charge in [0.2, 0.25) is 0 Å². The quantitative estimate of drug-likeness (QED) is 0.175. The van der Waals surface area contributed by atoms with Gasteiger partial charge < -0.3 is 35.4 Å². The van der Waals surface area contributed by atoms with E-state index in [-0.39, 0.29) is 17.2 Å². The predicted octanol–water partition coefficient (Wildman–Crippen LogP) is -2.49. The van der Waals surface area contributed by atoms with Crippen LogP contribution < -0.4 is 10.6 Å². The standard InChI is InChI=1S/C15H19N5O7/c1-26-15(25)10-9(17-4-5-18-10)13(24)20-8(16)2-3-19-14-12(23)11(22)7(6-21)27-14/h2-5,7,11-12,14,19,21-23H,6H2,1H3,(H2,16,20,24)/b3-2-/t7-,11-,12+,14-/m1/s1. The highest BCUT2D eigenvalue weighted by molar-refractivity contribution is 6.11. The van der Waals surface area contributed by atoms with Crippen molar-refractivity contribution in [2.24, 2.45) is 0 Å². The molecule has 0 saturated carbocycles. The highest BCUT2D eigenvalue weighted by Crippen LogP contribution is 2.19. The number of nitrogens with zero attached hydrogens (tertiary/aromatic N) is 2.